The molecule has 0 radical (unpaired) electrons. The van der Waals surface area contributed by atoms with Crippen molar-refractivity contribution < 1.29 is 4.79 Å². The summed E-state index contributed by atoms with van der Waals surface area (Å²) in [6, 6.07) is 10.7. The summed E-state index contributed by atoms with van der Waals surface area (Å²) >= 11 is 17.8. The maximum atomic E-state index is 12.4. The number of amides is 2. The predicted octanol–water partition coefficient (Wildman–Crippen LogP) is 5.24. The minimum absolute atomic E-state index is 0.154. The molecule has 0 unspecified atom stereocenters. The molecule has 0 aliphatic carbocycles. The van der Waals surface area contributed by atoms with Gasteiger partial charge in [-0.25, -0.2) is 4.79 Å². The van der Waals surface area contributed by atoms with Crippen molar-refractivity contribution in [2.45, 2.75) is 13.0 Å². The fourth-order valence-corrected chi connectivity index (χ4v) is 2.96. The van der Waals surface area contributed by atoms with Gasteiger partial charge in [0.1, 0.15) is 0 Å². The third-order valence-electron chi connectivity index (χ3n) is 3.64. The third kappa shape index (κ3) is 3.32. The minimum atomic E-state index is -0.154. The van der Waals surface area contributed by atoms with Gasteiger partial charge in [-0.05, 0) is 47.9 Å². The Morgan fingerprint density at radius 3 is 2.59 bits per heavy atom. The molecule has 22 heavy (non-hydrogen) atoms. The molecule has 2 aromatic rings. The molecule has 0 atom stereocenters. The van der Waals surface area contributed by atoms with Gasteiger partial charge in [-0.15, -0.1) is 0 Å². The zero-order valence-corrected chi connectivity index (χ0v) is 13.8. The number of nitrogens with one attached hydrogen (secondary N) is 1. The first-order chi connectivity index (χ1) is 10.5. The van der Waals surface area contributed by atoms with Crippen LogP contribution in [0.4, 0.5) is 10.5 Å². The van der Waals surface area contributed by atoms with Gasteiger partial charge in [-0.2, -0.15) is 0 Å². The number of urea groups is 1. The van der Waals surface area contributed by atoms with Crippen molar-refractivity contribution >= 4 is 46.5 Å². The average Bonchev–Trinajstić information content (AvgIpc) is 2.50. The first-order valence-electron chi connectivity index (χ1n) is 6.81. The van der Waals surface area contributed by atoms with Gasteiger partial charge in [-0.3, -0.25) is 0 Å². The van der Waals surface area contributed by atoms with E-state index in [1.54, 1.807) is 23.1 Å². The normalized spacial score (nSPS) is 13.7. The van der Waals surface area contributed by atoms with Crippen LogP contribution < -0.4 is 5.32 Å². The summed E-state index contributed by atoms with van der Waals surface area (Å²) in [6.07, 6.45) is 0.796. The molecule has 0 bridgehead atoms. The van der Waals surface area contributed by atoms with Gasteiger partial charge >= 0.3 is 6.03 Å². The summed E-state index contributed by atoms with van der Waals surface area (Å²) < 4.78 is 0. The van der Waals surface area contributed by atoms with Crippen LogP contribution in [0.15, 0.2) is 36.4 Å². The molecule has 2 amide bonds. The van der Waals surface area contributed by atoms with E-state index in [1.165, 1.54) is 5.56 Å². The maximum Gasteiger partial charge on any atom is 0.322 e. The molecule has 3 nitrogen and oxygen atoms in total. The van der Waals surface area contributed by atoms with Crippen molar-refractivity contribution in [3.8, 4) is 0 Å². The molecule has 1 aliphatic rings. The first kappa shape index (κ1) is 15.5. The van der Waals surface area contributed by atoms with Crippen LogP contribution in [0.2, 0.25) is 15.1 Å². The van der Waals surface area contributed by atoms with E-state index in [1.807, 2.05) is 18.2 Å². The smallest absolute Gasteiger partial charge is 0.320 e. The number of hydrogen-bond acceptors (Lipinski definition) is 1. The largest absolute Gasteiger partial charge is 0.322 e. The Bertz CT molecular complexity index is 733. The van der Waals surface area contributed by atoms with Gasteiger partial charge in [0.25, 0.3) is 0 Å². The Morgan fingerprint density at radius 1 is 1.00 bits per heavy atom. The number of hydrogen-bond donors (Lipinski definition) is 1. The molecular weight excluding hydrogens is 343 g/mol. The van der Waals surface area contributed by atoms with Gasteiger partial charge in [0.05, 0.1) is 10.0 Å². The molecular formula is C16H13Cl3N2O. The molecule has 1 heterocycles. The molecule has 0 aromatic heterocycles. The Labute approximate surface area is 143 Å². The lowest BCUT2D eigenvalue weighted by Crippen LogP contribution is -2.38. The topological polar surface area (TPSA) is 32.3 Å². The Kier molecular flexibility index (Phi) is 4.48. The van der Waals surface area contributed by atoms with Crippen LogP contribution in [-0.4, -0.2) is 17.5 Å². The SMILES string of the molecule is O=C(Nc1ccc(Cl)c(Cl)c1)N1CCc2cc(Cl)ccc2C1. The first-order valence-corrected chi connectivity index (χ1v) is 7.94. The van der Waals surface area contributed by atoms with Crippen molar-refractivity contribution in [2.75, 3.05) is 11.9 Å². The van der Waals surface area contributed by atoms with E-state index in [4.69, 9.17) is 34.8 Å². The Hall–Kier alpha value is -1.42. The molecule has 6 heteroatoms. The summed E-state index contributed by atoms with van der Waals surface area (Å²) in [5.41, 5.74) is 2.95. The van der Waals surface area contributed by atoms with E-state index in [-0.39, 0.29) is 6.03 Å². The summed E-state index contributed by atoms with van der Waals surface area (Å²) in [5, 5.41) is 4.45. The van der Waals surface area contributed by atoms with E-state index in [0.717, 1.165) is 17.0 Å². The average molecular weight is 356 g/mol. The monoisotopic (exact) mass is 354 g/mol. The van der Waals surface area contributed by atoms with Gasteiger partial charge in [0.2, 0.25) is 0 Å². The zero-order chi connectivity index (χ0) is 15.7. The maximum absolute atomic E-state index is 12.4. The molecule has 0 fully saturated rings. The van der Waals surface area contributed by atoms with Gasteiger partial charge < -0.3 is 10.2 Å². The van der Waals surface area contributed by atoms with Gasteiger partial charge in [-0.1, -0.05) is 40.9 Å². The van der Waals surface area contributed by atoms with Gasteiger partial charge in [0, 0.05) is 23.8 Å². The van der Waals surface area contributed by atoms with Crippen molar-refractivity contribution in [3.05, 3.63) is 62.6 Å². The van der Waals surface area contributed by atoms with E-state index in [2.05, 4.69) is 5.32 Å². The van der Waals surface area contributed by atoms with Crippen LogP contribution in [0, 0.1) is 0 Å². The highest BCUT2D eigenvalue weighted by Gasteiger charge is 2.21. The van der Waals surface area contributed by atoms with Crippen molar-refractivity contribution in [2.24, 2.45) is 0 Å². The van der Waals surface area contributed by atoms with Crippen LogP contribution in [0.25, 0.3) is 0 Å². The number of carbonyl (C=O) groups excluding carboxylic acids is 1. The number of rotatable bonds is 1. The van der Waals surface area contributed by atoms with Crippen molar-refractivity contribution in [3.63, 3.8) is 0 Å². The van der Waals surface area contributed by atoms with E-state index < -0.39 is 0 Å². The second kappa shape index (κ2) is 6.37. The third-order valence-corrected chi connectivity index (χ3v) is 4.61. The van der Waals surface area contributed by atoms with Crippen LogP contribution in [-0.2, 0) is 13.0 Å². The number of carbonyl (C=O) groups is 1. The fraction of sp³-hybridized carbons (Fsp3) is 0.188. The fourth-order valence-electron chi connectivity index (χ4n) is 2.47. The molecule has 0 saturated carbocycles. The van der Waals surface area contributed by atoms with E-state index in [9.17, 15) is 4.79 Å². The molecule has 0 saturated heterocycles. The molecule has 3 rings (SSSR count). The van der Waals surface area contributed by atoms with Crippen LogP contribution in [0.5, 0.6) is 0 Å². The number of anilines is 1. The number of fused-ring (bicyclic) bond motifs is 1. The second-order valence-corrected chi connectivity index (χ2v) is 6.39. The van der Waals surface area contributed by atoms with Crippen molar-refractivity contribution in [1.29, 1.82) is 0 Å². The van der Waals surface area contributed by atoms with Crippen LogP contribution >= 0.6 is 34.8 Å². The molecule has 0 spiro atoms. The van der Waals surface area contributed by atoms with Crippen LogP contribution in [0.1, 0.15) is 11.1 Å². The number of halogens is 3. The molecule has 1 aliphatic heterocycles. The number of nitrogens with zero attached hydrogens (tertiary/aromatic N) is 1. The summed E-state index contributed by atoms with van der Waals surface area (Å²) in [5.74, 6) is 0. The standard InChI is InChI=1S/C16H13Cl3N2O/c17-12-2-1-11-9-21(6-5-10(11)7-12)16(22)20-13-3-4-14(18)15(19)8-13/h1-4,7-8H,5-6,9H2,(H,20,22). The van der Waals surface area contributed by atoms with Crippen molar-refractivity contribution in [1.82, 2.24) is 4.90 Å². The summed E-state index contributed by atoms with van der Waals surface area (Å²) in [6.45, 7) is 1.22. The highest BCUT2D eigenvalue weighted by Crippen LogP contribution is 2.26. The summed E-state index contributed by atoms with van der Waals surface area (Å²) in [4.78, 5) is 14.1. The molecule has 114 valence electrons. The van der Waals surface area contributed by atoms with E-state index in [0.29, 0.717) is 28.8 Å². The lowest BCUT2D eigenvalue weighted by Gasteiger charge is -2.29. The lowest BCUT2D eigenvalue weighted by molar-refractivity contribution is 0.206. The predicted molar refractivity (Wildman–Crippen MR) is 91.0 cm³/mol. The molecule has 1 N–H and O–H groups in total. The highest BCUT2D eigenvalue weighted by molar-refractivity contribution is 6.42. The van der Waals surface area contributed by atoms with E-state index >= 15 is 0 Å². The summed E-state index contributed by atoms with van der Waals surface area (Å²) in [7, 11) is 0. The lowest BCUT2D eigenvalue weighted by atomic mass is 10.0. The Balaban J connectivity index is 1.71. The highest BCUT2D eigenvalue weighted by atomic mass is 35.5. The minimum Gasteiger partial charge on any atom is -0.320 e. The molecule has 2 aromatic carbocycles. The Morgan fingerprint density at radius 2 is 1.82 bits per heavy atom. The second-order valence-electron chi connectivity index (χ2n) is 5.14. The van der Waals surface area contributed by atoms with Gasteiger partial charge in [0.15, 0.2) is 0 Å². The van der Waals surface area contributed by atoms with Crippen LogP contribution in [0.3, 0.4) is 0 Å². The quantitative estimate of drug-likeness (QED) is 0.745. The zero-order valence-electron chi connectivity index (χ0n) is 11.6. The number of benzene rings is 2.